The average molecular weight is 450 g/mol. The zero-order chi connectivity index (χ0) is 22.0. The number of rotatable bonds is 5. The predicted molar refractivity (Wildman–Crippen MR) is 116 cm³/mol. The van der Waals surface area contributed by atoms with E-state index in [4.69, 9.17) is 4.74 Å². The third-order valence-corrected chi connectivity index (χ3v) is 8.45. The monoisotopic (exact) mass is 449 g/mol. The summed E-state index contributed by atoms with van der Waals surface area (Å²) in [6.45, 7) is 2.47. The average Bonchev–Trinajstić information content (AvgIpc) is 2.79. The van der Waals surface area contributed by atoms with Crippen molar-refractivity contribution in [3.63, 3.8) is 0 Å². The fourth-order valence-electron chi connectivity index (χ4n) is 4.63. The Morgan fingerprint density at radius 3 is 2.55 bits per heavy atom. The molecule has 0 bridgehead atoms. The first-order valence-electron chi connectivity index (χ1n) is 11.3. The smallest absolute Gasteiger partial charge is 0.265 e. The minimum atomic E-state index is -3.71. The van der Waals surface area contributed by atoms with E-state index in [0.29, 0.717) is 43.8 Å². The third-order valence-electron chi connectivity index (χ3n) is 6.56. The molecule has 0 aromatic heterocycles. The van der Waals surface area contributed by atoms with Gasteiger partial charge < -0.3 is 15.4 Å². The highest BCUT2D eigenvalue weighted by Crippen LogP contribution is 2.34. The molecule has 1 aromatic carbocycles. The molecule has 170 valence electrons. The summed E-state index contributed by atoms with van der Waals surface area (Å²) >= 11 is 0. The number of nitrogens with zero attached hydrogens (tertiary/aromatic N) is 1. The van der Waals surface area contributed by atoms with E-state index in [-0.39, 0.29) is 28.7 Å². The lowest BCUT2D eigenvalue weighted by Gasteiger charge is -2.32. The quantitative estimate of drug-likeness (QED) is 0.719. The van der Waals surface area contributed by atoms with Crippen molar-refractivity contribution >= 4 is 27.5 Å². The summed E-state index contributed by atoms with van der Waals surface area (Å²) in [5, 5.41) is 5.90. The molecular weight excluding hydrogens is 418 g/mol. The summed E-state index contributed by atoms with van der Waals surface area (Å²) in [5.74, 6) is 0.122. The Balaban J connectivity index is 1.38. The van der Waals surface area contributed by atoms with Gasteiger partial charge >= 0.3 is 0 Å². The highest BCUT2D eigenvalue weighted by molar-refractivity contribution is 7.89. The summed E-state index contributed by atoms with van der Waals surface area (Å²) in [4.78, 5) is 24.8. The van der Waals surface area contributed by atoms with Gasteiger partial charge in [-0.3, -0.25) is 9.59 Å². The van der Waals surface area contributed by atoms with Crippen LogP contribution in [-0.4, -0.2) is 49.8 Å². The first-order chi connectivity index (χ1) is 14.9. The Labute approximate surface area is 183 Å². The Morgan fingerprint density at radius 1 is 1.16 bits per heavy atom. The number of piperidine rings is 1. The number of sulfonamides is 1. The maximum Gasteiger partial charge on any atom is 0.265 e. The van der Waals surface area contributed by atoms with Crippen molar-refractivity contribution in [2.45, 2.75) is 75.3 Å². The van der Waals surface area contributed by atoms with Crippen LogP contribution in [0.15, 0.2) is 23.1 Å². The first kappa shape index (κ1) is 22.1. The van der Waals surface area contributed by atoms with Gasteiger partial charge in [0.2, 0.25) is 15.9 Å². The number of nitrogens with one attached hydrogen (secondary N) is 2. The molecule has 1 aromatic rings. The molecule has 1 saturated carbocycles. The van der Waals surface area contributed by atoms with E-state index in [1.54, 1.807) is 6.07 Å². The van der Waals surface area contributed by atoms with Crippen LogP contribution in [0.3, 0.4) is 0 Å². The third kappa shape index (κ3) is 4.72. The molecule has 2 fully saturated rings. The van der Waals surface area contributed by atoms with Gasteiger partial charge in [-0.1, -0.05) is 26.2 Å². The predicted octanol–water partition coefficient (Wildman–Crippen LogP) is 2.65. The maximum atomic E-state index is 13.1. The molecule has 2 N–H and O–H groups in total. The SMILES string of the molecule is CCC1Oc2ccc(S(=O)(=O)N3CCC(C(=O)NC4CCCCC4)CC3)cc2NC1=O. The molecule has 31 heavy (non-hydrogen) atoms. The van der Waals surface area contributed by atoms with Crippen LogP contribution in [0.25, 0.3) is 0 Å². The topological polar surface area (TPSA) is 105 Å². The van der Waals surface area contributed by atoms with E-state index >= 15 is 0 Å². The second-order valence-corrected chi connectivity index (χ2v) is 10.6. The van der Waals surface area contributed by atoms with Gasteiger partial charge in [0.1, 0.15) is 5.75 Å². The number of carbonyl (C=O) groups excluding carboxylic acids is 2. The minimum Gasteiger partial charge on any atom is -0.478 e. The van der Waals surface area contributed by atoms with Crippen LogP contribution in [0.1, 0.15) is 58.3 Å². The molecule has 2 amide bonds. The second kappa shape index (κ2) is 9.16. The Morgan fingerprint density at radius 2 is 1.87 bits per heavy atom. The van der Waals surface area contributed by atoms with Crippen LogP contribution in [0.2, 0.25) is 0 Å². The molecule has 1 atom stereocenters. The lowest BCUT2D eigenvalue weighted by Crippen LogP contribution is -2.45. The van der Waals surface area contributed by atoms with Crippen LogP contribution < -0.4 is 15.4 Å². The molecule has 4 rings (SSSR count). The van der Waals surface area contributed by atoms with Crippen molar-refractivity contribution in [2.24, 2.45) is 5.92 Å². The maximum absolute atomic E-state index is 13.1. The summed E-state index contributed by atoms with van der Waals surface area (Å²) in [5.41, 5.74) is 0.373. The van der Waals surface area contributed by atoms with E-state index in [1.165, 1.54) is 22.9 Å². The van der Waals surface area contributed by atoms with Crippen LogP contribution in [0, 0.1) is 5.92 Å². The molecule has 3 aliphatic rings. The van der Waals surface area contributed by atoms with Crippen LogP contribution in [0.4, 0.5) is 5.69 Å². The van der Waals surface area contributed by atoms with Crippen molar-refractivity contribution in [3.05, 3.63) is 18.2 Å². The fraction of sp³-hybridized carbons (Fsp3) is 0.636. The molecule has 1 saturated heterocycles. The standard InChI is InChI=1S/C22H31N3O5S/c1-2-19-22(27)24-18-14-17(8-9-20(18)30-19)31(28,29)25-12-10-15(11-13-25)21(26)23-16-6-4-3-5-7-16/h8-9,14-16,19H,2-7,10-13H2,1H3,(H,23,26)(H,24,27). The van der Waals surface area contributed by atoms with Crippen LogP contribution in [0.5, 0.6) is 5.75 Å². The zero-order valence-corrected chi connectivity index (χ0v) is 18.7. The molecule has 2 aliphatic heterocycles. The number of carbonyl (C=O) groups is 2. The molecule has 1 aliphatic carbocycles. The Hall–Kier alpha value is -2.13. The Kier molecular flexibility index (Phi) is 6.52. The van der Waals surface area contributed by atoms with E-state index < -0.39 is 16.1 Å². The highest BCUT2D eigenvalue weighted by Gasteiger charge is 2.34. The normalized spacial score (nSPS) is 23.5. The lowest BCUT2D eigenvalue weighted by molar-refractivity contribution is -0.127. The van der Waals surface area contributed by atoms with Crippen molar-refractivity contribution in [1.29, 1.82) is 0 Å². The molecule has 0 radical (unpaired) electrons. The number of anilines is 1. The number of amides is 2. The number of fused-ring (bicyclic) bond motifs is 1. The van der Waals surface area contributed by atoms with Gasteiger partial charge in [-0.25, -0.2) is 8.42 Å². The zero-order valence-electron chi connectivity index (χ0n) is 17.9. The van der Waals surface area contributed by atoms with Gasteiger partial charge in [0, 0.05) is 25.0 Å². The van der Waals surface area contributed by atoms with Gasteiger partial charge in [-0.15, -0.1) is 0 Å². The van der Waals surface area contributed by atoms with Crippen molar-refractivity contribution in [3.8, 4) is 5.75 Å². The van der Waals surface area contributed by atoms with Gasteiger partial charge in [0.15, 0.2) is 6.10 Å². The summed E-state index contributed by atoms with van der Waals surface area (Å²) in [7, 11) is -3.71. The van der Waals surface area contributed by atoms with Gasteiger partial charge in [0.05, 0.1) is 10.6 Å². The Bertz CT molecular complexity index is 934. The minimum absolute atomic E-state index is 0.0584. The molecule has 1 unspecified atom stereocenters. The number of hydrogen-bond donors (Lipinski definition) is 2. The molecule has 8 nitrogen and oxygen atoms in total. The summed E-state index contributed by atoms with van der Waals surface area (Å²) in [6, 6.07) is 4.83. The molecular formula is C22H31N3O5S. The van der Waals surface area contributed by atoms with E-state index in [1.807, 2.05) is 6.92 Å². The second-order valence-electron chi connectivity index (χ2n) is 8.68. The van der Waals surface area contributed by atoms with Crippen LogP contribution in [-0.2, 0) is 19.6 Å². The summed E-state index contributed by atoms with van der Waals surface area (Å²) in [6.07, 6.45) is 6.64. The van der Waals surface area contributed by atoms with Gasteiger partial charge in [-0.05, 0) is 50.3 Å². The van der Waals surface area contributed by atoms with E-state index in [2.05, 4.69) is 10.6 Å². The number of ether oxygens (including phenoxy) is 1. The lowest BCUT2D eigenvalue weighted by atomic mass is 9.93. The molecule has 2 heterocycles. The molecule has 9 heteroatoms. The largest absolute Gasteiger partial charge is 0.478 e. The van der Waals surface area contributed by atoms with E-state index in [0.717, 1.165) is 25.7 Å². The van der Waals surface area contributed by atoms with Crippen LogP contribution >= 0.6 is 0 Å². The van der Waals surface area contributed by atoms with Crippen molar-refractivity contribution in [1.82, 2.24) is 9.62 Å². The highest BCUT2D eigenvalue weighted by atomic mass is 32.2. The summed E-state index contributed by atoms with van der Waals surface area (Å²) < 4.78 is 33.4. The van der Waals surface area contributed by atoms with Crippen molar-refractivity contribution in [2.75, 3.05) is 18.4 Å². The van der Waals surface area contributed by atoms with Gasteiger partial charge in [0.25, 0.3) is 5.91 Å². The number of hydrogen-bond acceptors (Lipinski definition) is 5. The number of benzene rings is 1. The van der Waals surface area contributed by atoms with Gasteiger partial charge in [-0.2, -0.15) is 4.31 Å². The van der Waals surface area contributed by atoms with E-state index in [9.17, 15) is 18.0 Å². The fourth-order valence-corrected chi connectivity index (χ4v) is 6.13. The first-order valence-corrected chi connectivity index (χ1v) is 12.7. The van der Waals surface area contributed by atoms with Crippen molar-refractivity contribution < 1.29 is 22.7 Å². The molecule has 0 spiro atoms.